The van der Waals surface area contributed by atoms with Gasteiger partial charge in [0.25, 0.3) is 0 Å². The lowest BCUT2D eigenvalue weighted by molar-refractivity contribution is 0.103. The zero-order valence-corrected chi connectivity index (χ0v) is 11.2. The largest absolute Gasteiger partial charge is 0.504 e. The minimum absolute atomic E-state index is 0.0476. The highest BCUT2D eigenvalue weighted by Crippen LogP contribution is 2.39. The predicted octanol–water partition coefficient (Wildman–Crippen LogP) is 3.12. The van der Waals surface area contributed by atoms with Gasteiger partial charge in [-0.15, -0.1) is 0 Å². The van der Waals surface area contributed by atoms with Crippen LogP contribution in [0.1, 0.15) is 29.3 Å². The fraction of sp³-hybridized carbons (Fsp3) is 0.188. The van der Waals surface area contributed by atoms with Crippen LogP contribution in [0.5, 0.6) is 17.2 Å². The molecule has 2 rings (SSSR count). The molecule has 0 spiro atoms. The summed E-state index contributed by atoms with van der Waals surface area (Å²) in [7, 11) is 0. The van der Waals surface area contributed by atoms with E-state index in [0.717, 1.165) is 6.42 Å². The molecular formula is C16H16O4. The van der Waals surface area contributed by atoms with Crippen LogP contribution < -0.4 is 4.74 Å². The minimum Gasteiger partial charge on any atom is -0.504 e. The van der Waals surface area contributed by atoms with Crippen molar-refractivity contribution in [1.82, 2.24) is 0 Å². The van der Waals surface area contributed by atoms with Gasteiger partial charge in [-0.3, -0.25) is 4.79 Å². The Balaban J connectivity index is 2.40. The van der Waals surface area contributed by atoms with Crippen LogP contribution in [0.15, 0.2) is 42.5 Å². The minimum atomic E-state index is -0.327. The van der Waals surface area contributed by atoms with Gasteiger partial charge >= 0.3 is 0 Å². The molecular weight excluding hydrogens is 256 g/mol. The maximum atomic E-state index is 12.3. The lowest BCUT2D eigenvalue weighted by Gasteiger charge is -2.12. The fourth-order valence-corrected chi connectivity index (χ4v) is 1.84. The maximum absolute atomic E-state index is 12.3. The molecule has 0 fully saturated rings. The van der Waals surface area contributed by atoms with Gasteiger partial charge in [-0.05, 0) is 18.6 Å². The van der Waals surface area contributed by atoms with Gasteiger partial charge in [0, 0.05) is 5.56 Å². The molecule has 2 aromatic carbocycles. The average molecular weight is 272 g/mol. The van der Waals surface area contributed by atoms with Gasteiger partial charge in [-0.25, -0.2) is 0 Å². The van der Waals surface area contributed by atoms with Crippen molar-refractivity contribution in [2.24, 2.45) is 0 Å². The van der Waals surface area contributed by atoms with Crippen molar-refractivity contribution < 1.29 is 19.7 Å². The van der Waals surface area contributed by atoms with Gasteiger partial charge < -0.3 is 14.9 Å². The zero-order chi connectivity index (χ0) is 14.5. The zero-order valence-electron chi connectivity index (χ0n) is 11.2. The number of phenolic OH excluding ortho intramolecular Hbond substituents is 2. The Labute approximate surface area is 117 Å². The second kappa shape index (κ2) is 6.10. The second-order valence-corrected chi connectivity index (χ2v) is 4.35. The smallest absolute Gasteiger partial charge is 0.203 e. The van der Waals surface area contributed by atoms with E-state index in [1.165, 1.54) is 12.1 Å². The van der Waals surface area contributed by atoms with Gasteiger partial charge in [0.1, 0.15) is 0 Å². The fourth-order valence-electron chi connectivity index (χ4n) is 1.84. The summed E-state index contributed by atoms with van der Waals surface area (Å²) in [5.74, 6) is -0.869. The molecule has 0 heterocycles. The summed E-state index contributed by atoms with van der Waals surface area (Å²) in [6, 6.07) is 11.4. The van der Waals surface area contributed by atoms with Crippen molar-refractivity contribution in [3.63, 3.8) is 0 Å². The molecule has 0 saturated carbocycles. The molecule has 0 saturated heterocycles. The molecule has 0 amide bonds. The summed E-state index contributed by atoms with van der Waals surface area (Å²) in [4.78, 5) is 12.3. The number of benzene rings is 2. The third-order valence-electron chi connectivity index (χ3n) is 2.84. The Bertz CT molecular complexity index is 605. The van der Waals surface area contributed by atoms with Crippen LogP contribution in [0.2, 0.25) is 0 Å². The van der Waals surface area contributed by atoms with Crippen molar-refractivity contribution in [3.8, 4) is 17.2 Å². The molecule has 0 unspecified atom stereocenters. The number of ketones is 1. The predicted molar refractivity (Wildman–Crippen MR) is 75.4 cm³/mol. The van der Waals surface area contributed by atoms with Crippen LogP contribution in [0, 0.1) is 0 Å². The van der Waals surface area contributed by atoms with E-state index in [9.17, 15) is 15.0 Å². The Morgan fingerprint density at radius 2 is 1.80 bits per heavy atom. The van der Waals surface area contributed by atoms with Crippen LogP contribution >= 0.6 is 0 Å². The van der Waals surface area contributed by atoms with Gasteiger partial charge in [0.2, 0.25) is 5.75 Å². The number of carbonyl (C=O) groups is 1. The van der Waals surface area contributed by atoms with E-state index in [1.54, 1.807) is 24.3 Å². The highest BCUT2D eigenvalue weighted by molar-refractivity contribution is 6.11. The molecule has 0 aliphatic rings. The lowest BCUT2D eigenvalue weighted by Crippen LogP contribution is -2.03. The molecule has 0 radical (unpaired) electrons. The first-order chi connectivity index (χ1) is 9.65. The summed E-state index contributed by atoms with van der Waals surface area (Å²) in [6.45, 7) is 2.26. The number of aromatic hydroxyl groups is 2. The molecule has 20 heavy (non-hydrogen) atoms. The number of hydrogen-bond donors (Lipinski definition) is 2. The van der Waals surface area contributed by atoms with E-state index in [1.807, 2.05) is 13.0 Å². The summed E-state index contributed by atoms with van der Waals surface area (Å²) >= 11 is 0. The normalized spacial score (nSPS) is 10.2. The maximum Gasteiger partial charge on any atom is 0.203 e. The van der Waals surface area contributed by atoms with Crippen LogP contribution in [0.25, 0.3) is 0 Å². The third-order valence-corrected chi connectivity index (χ3v) is 2.84. The number of rotatable bonds is 5. The van der Waals surface area contributed by atoms with Crippen LogP contribution in [0.4, 0.5) is 0 Å². The summed E-state index contributed by atoms with van der Waals surface area (Å²) in [6.07, 6.45) is 0.732. The van der Waals surface area contributed by atoms with E-state index in [0.29, 0.717) is 12.2 Å². The molecule has 4 heteroatoms. The van der Waals surface area contributed by atoms with Crippen LogP contribution in [-0.4, -0.2) is 22.6 Å². The topological polar surface area (TPSA) is 66.8 Å². The highest BCUT2D eigenvalue weighted by Gasteiger charge is 2.19. The summed E-state index contributed by atoms with van der Waals surface area (Å²) in [5.41, 5.74) is 0.579. The molecule has 0 aliphatic heterocycles. The van der Waals surface area contributed by atoms with Crippen LogP contribution in [0.3, 0.4) is 0 Å². The Morgan fingerprint density at radius 1 is 1.10 bits per heavy atom. The quantitative estimate of drug-likeness (QED) is 0.821. The molecule has 0 aromatic heterocycles. The van der Waals surface area contributed by atoms with Gasteiger partial charge in [-0.1, -0.05) is 37.3 Å². The first-order valence-corrected chi connectivity index (χ1v) is 6.42. The SMILES string of the molecule is CCCOc1c(O)ccc(C(=O)c2ccccc2)c1O. The molecule has 2 aromatic rings. The first-order valence-electron chi connectivity index (χ1n) is 6.42. The molecule has 4 nitrogen and oxygen atoms in total. The van der Waals surface area contributed by atoms with Gasteiger partial charge in [-0.2, -0.15) is 0 Å². The molecule has 104 valence electrons. The van der Waals surface area contributed by atoms with Crippen molar-refractivity contribution >= 4 is 5.78 Å². The Kier molecular flexibility index (Phi) is 4.25. The van der Waals surface area contributed by atoms with Crippen molar-refractivity contribution in [2.45, 2.75) is 13.3 Å². The van der Waals surface area contributed by atoms with E-state index < -0.39 is 0 Å². The molecule has 2 N–H and O–H groups in total. The van der Waals surface area contributed by atoms with Gasteiger partial charge in [0.15, 0.2) is 17.3 Å². The number of ether oxygens (including phenoxy) is 1. The highest BCUT2D eigenvalue weighted by atomic mass is 16.5. The lowest BCUT2D eigenvalue weighted by atomic mass is 10.0. The van der Waals surface area contributed by atoms with E-state index in [4.69, 9.17) is 4.74 Å². The first kappa shape index (κ1) is 13.9. The third kappa shape index (κ3) is 2.74. The second-order valence-electron chi connectivity index (χ2n) is 4.35. The molecule has 0 bridgehead atoms. The summed E-state index contributed by atoms with van der Waals surface area (Å²) < 4.78 is 5.29. The van der Waals surface area contributed by atoms with E-state index in [-0.39, 0.29) is 28.6 Å². The summed E-state index contributed by atoms with van der Waals surface area (Å²) in [5, 5.41) is 19.8. The van der Waals surface area contributed by atoms with Crippen LogP contribution in [-0.2, 0) is 0 Å². The van der Waals surface area contributed by atoms with Crippen molar-refractivity contribution in [1.29, 1.82) is 0 Å². The Hall–Kier alpha value is -2.49. The molecule has 0 aliphatic carbocycles. The average Bonchev–Trinajstić information content (AvgIpc) is 2.47. The molecule has 0 atom stereocenters. The Morgan fingerprint density at radius 3 is 2.45 bits per heavy atom. The van der Waals surface area contributed by atoms with E-state index in [2.05, 4.69) is 0 Å². The monoisotopic (exact) mass is 272 g/mol. The number of carbonyl (C=O) groups excluding carboxylic acids is 1. The van der Waals surface area contributed by atoms with Gasteiger partial charge in [0.05, 0.1) is 12.2 Å². The van der Waals surface area contributed by atoms with Crippen molar-refractivity contribution in [3.05, 3.63) is 53.6 Å². The van der Waals surface area contributed by atoms with Crippen molar-refractivity contribution in [2.75, 3.05) is 6.61 Å². The van der Waals surface area contributed by atoms with E-state index >= 15 is 0 Å². The standard InChI is InChI=1S/C16H16O4/c1-2-10-20-16-13(17)9-8-12(15(16)19)14(18)11-6-4-3-5-7-11/h3-9,17,19H,2,10H2,1H3. The number of hydrogen-bond acceptors (Lipinski definition) is 4. The number of phenols is 2.